The van der Waals surface area contributed by atoms with Gasteiger partial charge in [-0.3, -0.25) is 4.79 Å². The van der Waals surface area contributed by atoms with Gasteiger partial charge in [-0.2, -0.15) is 5.10 Å². The van der Waals surface area contributed by atoms with Crippen LogP contribution in [0.2, 0.25) is 0 Å². The summed E-state index contributed by atoms with van der Waals surface area (Å²) in [4.78, 5) is 12.7. The lowest BCUT2D eigenvalue weighted by Crippen LogP contribution is -2.19. The number of hydrogen-bond donors (Lipinski definition) is 1. The van der Waals surface area contributed by atoms with Crippen molar-refractivity contribution in [3.63, 3.8) is 0 Å². The highest BCUT2D eigenvalue weighted by atomic mass is 16.5. The van der Waals surface area contributed by atoms with Crippen LogP contribution in [-0.2, 0) is 6.61 Å². The third kappa shape index (κ3) is 6.13. The Morgan fingerprint density at radius 3 is 2.00 bits per heavy atom. The van der Waals surface area contributed by atoms with Crippen LogP contribution in [0, 0.1) is 0 Å². The molecule has 0 aliphatic carbocycles. The molecule has 1 N–H and O–H groups in total. The maximum Gasteiger partial charge on any atom is 0.271 e. The van der Waals surface area contributed by atoms with E-state index >= 15 is 0 Å². The standard InChI is InChI=1S/C31H30N2O5/c1-21(25-18-28(35-2)30(37-4)29(19-25)36-3)32-33-31(34)24-16-14-22(15-17-24)20-38-27-13-9-8-12-26(27)23-10-6-5-7-11-23/h5-19H,20H2,1-4H3,(H,33,34)/b32-21+. The number of hydrazone groups is 1. The number of amides is 1. The molecule has 194 valence electrons. The van der Waals surface area contributed by atoms with Crippen molar-refractivity contribution in [1.82, 2.24) is 5.43 Å². The summed E-state index contributed by atoms with van der Waals surface area (Å²) in [5.74, 6) is 1.98. The molecule has 0 radical (unpaired) electrons. The highest BCUT2D eigenvalue weighted by Gasteiger charge is 2.15. The van der Waals surface area contributed by atoms with E-state index in [9.17, 15) is 4.79 Å². The average Bonchev–Trinajstić information content (AvgIpc) is 2.98. The van der Waals surface area contributed by atoms with E-state index in [1.807, 2.05) is 54.6 Å². The number of ether oxygens (including phenoxy) is 4. The van der Waals surface area contributed by atoms with Crippen molar-refractivity contribution in [2.24, 2.45) is 5.10 Å². The van der Waals surface area contributed by atoms with Gasteiger partial charge >= 0.3 is 0 Å². The molecule has 0 atom stereocenters. The van der Waals surface area contributed by atoms with Crippen molar-refractivity contribution in [1.29, 1.82) is 0 Å². The number of methoxy groups -OCH3 is 3. The molecular formula is C31H30N2O5. The second kappa shape index (κ2) is 12.5. The van der Waals surface area contributed by atoms with Gasteiger partial charge in [-0.25, -0.2) is 5.43 Å². The van der Waals surface area contributed by atoms with E-state index in [2.05, 4.69) is 22.7 Å². The quantitative estimate of drug-likeness (QED) is 0.206. The highest BCUT2D eigenvalue weighted by molar-refractivity contribution is 6.01. The Bertz CT molecular complexity index is 1390. The van der Waals surface area contributed by atoms with E-state index in [1.165, 1.54) is 0 Å². The predicted octanol–water partition coefficient (Wildman–Crippen LogP) is 6.11. The molecule has 0 saturated carbocycles. The number of benzene rings is 4. The highest BCUT2D eigenvalue weighted by Crippen LogP contribution is 2.38. The first-order valence-corrected chi connectivity index (χ1v) is 12.0. The molecule has 0 spiro atoms. The van der Waals surface area contributed by atoms with Gasteiger partial charge in [0.2, 0.25) is 5.75 Å². The van der Waals surface area contributed by atoms with E-state index in [0.29, 0.717) is 35.1 Å². The fourth-order valence-electron chi connectivity index (χ4n) is 3.92. The number of carbonyl (C=O) groups is 1. The smallest absolute Gasteiger partial charge is 0.271 e. The van der Waals surface area contributed by atoms with Gasteiger partial charge in [0, 0.05) is 16.7 Å². The molecule has 0 aromatic heterocycles. The lowest BCUT2D eigenvalue weighted by atomic mass is 10.0. The van der Waals surface area contributed by atoms with E-state index in [0.717, 1.165) is 28.0 Å². The monoisotopic (exact) mass is 510 g/mol. The van der Waals surface area contributed by atoms with E-state index in [1.54, 1.807) is 52.5 Å². The molecule has 38 heavy (non-hydrogen) atoms. The first-order chi connectivity index (χ1) is 18.5. The molecule has 0 aliphatic heterocycles. The van der Waals surface area contributed by atoms with Crippen molar-refractivity contribution < 1.29 is 23.7 Å². The normalized spacial score (nSPS) is 11.0. The van der Waals surface area contributed by atoms with Crippen LogP contribution in [-0.4, -0.2) is 32.9 Å². The lowest BCUT2D eigenvalue weighted by molar-refractivity contribution is 0.0954. The van der Waals surface area contributed by atoms with Crippen LogP contribution in [0.25, 0.3) is 11.1 Å². The van der Waals surface area contributed by atoms with Crippen molar-refractivity contribution in [2.45, 2.75) is 13.5 Å². The van der Waals surface area contributed by atoms with Crippen molar-refractivity contribution in [2.75, 3.05) is 21.3 Å². The second-order valence-electron chi connectivity index (χ2n) is 8.40. The number of nitrogens with one attached hydrogen (secondary N) is 1. The molecule has 7 nitrogen and oxygen atoms in total. The summed E-state index contributed by atoms with van der Waals surface area (Å²) in [7, 11) is 4.64. The average molecular weight is 511 g/mol. The maximum absolute atomic E-state index is 12.7. The van der Waals surface area contributed by atoms with Crippen LogP contribution < -0.4 is 24.4 Å². The third-order valence-corrected chi connectivity index (χ3v) is 5.99. The minimum Gasteiger partial charge on any atom is -0.493 e. The van der Waals surface area contributed by atoms with E-state index in [4.69, 9.17) is 18.9 Å². The molecule has 4 aromatic carbocycles. The molecule has 4 aromatic rings. The van der Waals surface area contributed by atoms with Gasteiger partial charge in [0.1, 0.15) is 12.4 Å². The van der Waals surface area contributed by atoms with Gasteiger partial charge < -0.3 is 18.9 Å². The maximum atomic E-state index is 12.7. The lowest BCUT2D eigenvalue weighted by Gasteiger charge is -2.14. The van der Waals surface area contributed by atoms with Gasteiger partial charge in [0.05, 0.1) is 27.0 Å². The number of carbonyl (C=O) groups excluding carboxylic acids is 1. The molecule has 0 saturated heterocycles. The molecular weight excluding hydrogens is 480 g/mol. The van der Waals surface area contributed by atoms with Crippen LogP contribution in [0.3, 0.4) is 0 Å². The molecule has 0 heterocycles. The number of para-hydroxylation sites is 1. The first kappa shape index (κ1) is 26.3. The Hall–Kier alpha value is -4.78. The van der Waals surface area contributed by atoms with Gasteiger partial charge in [-0.05, 0) is 48.4 Å². The summed E-state index contributed by atoms with van der Waals surface area (Å²) in [5.41, 5.74) is 7.48. The Morgan fingerprint density at radius 2 is 1.37 bits per heavy atom. The van der Waals surface area contributed by atoms with Crippen LogP contribution in [0.4, 0.5) is 0 Å². The molecule has 0 aliphatic rings. The summed E-state index contributed by atoms with van der Waals surface area (Å²) >= 11 is 0. The molecule has 0 bridgehead atoms. The van der Waals surface area contributed by atoms with Crippen LogP contribution in [0.1, 0.15) is 28.4 Å². The summed E-state index contributed by atoms with van der Waals surface area (Å²) in [6, 6.07) is 28.9. The topological polar surface area (TPSA) is 78.4 Å². The van der Waals surface area contributed by atoms with Crippen molar-refractivity contribution >= 4 is 11.6 Å². The van der Waals surface area contributed by atoms with Crippen LogP contribution in [0.15, 0.2) is 96.1 Å². The predicted molar refractivity (Wildman–Crippen MR) is 148 cm³/mol. The third-order valence-electron chi connectivity index (χ3n) is 5.99. The number of hydrogen-bond acceptors (Lipinski definition) is 6. The fraction of sp³-hybridized carbons (Fsp3) is 0.161. The van der Waals surface area contributed by atoms with Gasteiger partial charge in [0.15, 0.2) is 11.5 Å². The van der Waals surface area contributed by atoms with Crippen LogP contribution >= 0.6 is 0 Å². The van der Waals surface area contributed by atoms with Gasteiger partial charge in [0.25, 0.3) is 5.91 Å². The zero-order valence-electron chi connectivity index (χ0n) is 21.9. The second-order valence-corrected chi connectivity index (χ2v) is 8.40. The molecule has 0 fully saturated rings. The van der Waals surface area contributed by atoms with Crippen molar-refractivity contribution in [3.05, 3.63) is 108 Å². The zero-order chi connectivity index (χ0) is 26.9. The number of rotatable bonds is 10. The SMILES string of the molecule is COc1cc(/C(C)=N/NC(=O)c2ccc(COc3ccccc3-c3ccccc3)cc2)cc(OC)c1OC. The Balaban J connectivity index is 1.40. The molecule has 4 rings (SSSR count). The Morgan fingerprint density at radius 1 is 0.737 bits per heavy atom. The van der Waals surface area contributed by atoms with Gasteiger partial charge in [-0.1, -0.05) is 60.7 Å². The first-order valence-electron chi connectivity index (χ1n) is 12.0. The van der Waals surface area contributed by atoms with E-state index in [-0.39, 0.29) is 5.91 Å². The summed E-state index contributed by atoms with van der Waals surface area (Å²) < 4.78 is 22.3. The van der Waals surface area contributed by atoms with E-state index < -0.39 is 0 Å². The summed E-state index contributed by atoms with van der Waals surface area (Å²) in [6.45, 7) is 2.17. The fourth-order valence-corrected chi connectivity index (χ4v) is 3.92. The molecule has 7 heteroatoms. The van der Waals surface area contributed by atoms with Gasteiger partial charge in [-0.15, -0.1) is 0 Å². The summed E-state index contributed by atoms with van der Waals surface area (Å²) in [5, 5.41) is 4.25. The largest absolute Gasteiger partial charge is 0.493 e. The molecule has 1 amide bonds. The summed E-state index contributed by atoms with van der Waals surface area (Å²) in [6.07, 6.45) is 0. The minimum atomic E-state index is -0.321. The zero-order valence-corrected chi connectivity index (χ0v) is 21.9. The van der Waals surface area contributed by atoms with Crippen LogP contribution in [0.5, 0.6) is 23.0 Å². The Labute approximate surface area is 222 Å². The minimum absolute atomic E-state index is 0.321. The molecule has 0 unspecified atom stereocenters. The van der Waals surface area contributed by atoms with Crippen molar-refractivity contribution in [3.8, 4) is 34.1 Å². The Kier molecular flexibility index (Phi) is 8.61. The number of nitrogens with zero attached hydrogens (tertiary/aromatic N) is 1.